The molecule has 1 aromatic heterocycles. The van der Waals surface area contributed by atoms with Gasteiger partial charge in [-0.05, 0) is 33.2 Å². The number of rotatable bonds is 3. The van der Waals surface area contributed by atoms with Gasteiger partial charge in [0.05, 0.1) is 12.2 Å². The molecule has 0 spiro atoms. The Hall–Kier alpha value is -0.450. The molecule has 0 saturated carbocycles. The number of hydrogen-bond donors (Lipinski definition) is 1. The summed E-state index contributed by atoms with van der Waals surface area (Å²) in [6.07, 6.45) is 2.38. The van der Waals surface area contributed by atoms with Gasteiger partial charge in [0.25, 0.3) is 0 Å². The van der Waals surface area contributed by atoms with Crippen molar-refractivity contribution in [3.8, 4) is 0 Å². The lowest BCUT2D eigenvalue weighted by molar-refractivity contribution is 0.163. The van der Waals surface area contributed by atoms with Gasteiger partial charge in [0.2, 0.25) is 0 Å². The molecule has 1 aliphatic heterocycles. The number of thiazole rings is 1. The third-order valence-electron chi connectivity index (χ3n) is 4.73. The predicted octanol–water partition coefficient (Wildman–Crippen LogP) is 3.79. The molecule has 1 aliphatic rings. The first-order chi connectivity index (χ1) is 9.73. The smallest absolute Gasteiger partial charge is 0.107 e. The number of aromatic nitrogens is 1. The van der Waals surface area contributed by atoms with E-state index in [2.05, 4.69) is 57.1 Å². The molecule has 4 heteroatoms. The molecule has 2 heterocycles. The van der Waals surface area contributed by atoms with E-state index in [9.17, 15) is 0 Å². The second kappa shape index (κ2) is 6.35. The largest absolute Gasteiger partial charge is 0.310 e. The molecule has 2 rings (SSSR count). The molecular weight excluding hydrogens is 278 g/mol. The summed E-state index contributed by atoms with van der Waals surface area (Å²) in [6, 6.07) is 0.618. The van der Waals surface area contributed by atoms with Gasteiger partial charge in [-0.1, -0.05) is 27.7 Å². The molecule has 1 N–H and O–H groups in total. The van der Waals surface area contributed by atoms with E-state index in [1.165, 1.54) is 23.5 Å². The molecule has 0 amide bonds. The second-order valence-corrected chi connectivity index (χ2v) is 8.70. The third kappa shape index (κ3) is 4.27. The topological polar surface area (TPSA) is 28.2 Å². The Labute approximate surface area is 134 Å². The standard InChI is InChI=1S/C17H31N3S/c1-7-17(6)12-20(13(2)8-9-18-17)10-15-19-14(11-21-15)16(3,4)5/h11,13,18H,7-10,12H2,1-6H3. The summed E-state index contributed by atoms with van der Waals surface area (Å²) in [4.78, 5) is 7.48. The fourth-order valence-electron chi connectivity index (χ4n) is 2.78. The maximum absolute atomic E-state index is 4.87. The molecule has 120 valence electrons. The molecule has 2 unspecified atom stereocenters. The van der Waals surface area contributed by atoms with Crippen LogP contribution in [-0.4, -0.2) is 34.6 Å². The molecule has 2 atom stereocenters. The summed E-state index contributed by atoms with van der Waals surface area (Å²) < 4.78 is 0. The Bertz CT molecular complexity index is 463. The van der Waals surface area contributed by atoms with Crippen LogP contribution in [-0.2, 0) is 12.0 Å². The number of nitrogens with zero attached hydrogens (tertiary/aromatic N) is 2. The predicted molar refractivity (Wildman–Crippen MR) is 92.0 cm³/mol. The zero-order valence-corrected chi connectivity index (χ0v) is 15.3. The van der Waals surface area contributed by atoms with Gasteiger partial charge in [-0.3, -0.25) is 4.90 Å². The Morgan fingerprint density at radius 2 is 2.19 bits per heavy atom. The van der Waals surface area contributed by atoms with Crippen molar-refractivity contribution in [3.63, 3.8) is 0 Å². The van der Waals surface area contributed by atoms with Crippen LogP contribution in [0.1, 0.15) is 65.1 Å². The summed E-state index contributed by atoms with van der Waals surface area (Å²) in [7, 11) is 0. The minimum atomic E-state index is 0.151. The summed E-state index contributed by atoms with van der Waals surface area (Å²) in [5.41, 5.74) is 1.61. The first kappa shape index (κ1) is 16.9. The third-order valence-corrected chi connectivity index (χ3v) is 5.56. The van der Waals surface area contributed by atoms with E-state index in [0.717, 1.165) is 19.6 Å². The van der Waals surface area contributed by atoms with Crippen molar-refractivity contribution in [3.05, 3.63) is 16.1 Å². The van der Waals surface area contributed by atoms with Crippen LogP contribution < -0.4 is 5.32 Å². The van der Waals surface area contributed by atoms with E-state index in [1.807, 2.05) is 11.3 Å². The highest BCUT2D eigenvalue weighted by molar-refractivity contribution is 7.09. The van der Waals surface area contributed by atoms with Gasteiger partial charge in [0.1, 0.15) is 5.01 Å². The van der Waals surface area contributed by atoms with Crippen LogP contribution in [0.15, 0.2) is 5.38 Å². The average molecular weight is 310 g/mol. The zero-order valence-electron chi connectivity index (χ0n) is 14.5. The first-order valence-corrected chi connectivity index (χ1v) is 9.05. The van der Waals surface area contributed by atoms with Crippen molar-refractivity contribution in [2.75, 3.05) is 13.1 Å². The fourth-order valence-corrected chi connectivity index (χ4v) is 3.82. The van der Waals surface area contributed by atoms with Gasteiger partial charge >= 0.3 is 0 Å². The maximum atomic E-state index is 4.87. The quantitative estimate of drug-likeness (QED) is 0.920. The fraction of sp³-hybridized carbons (Fsp3) is 0.824. The highest BCUT2D eigenvalue weighted by Crippen LogP contribution is 2.26. The van der Waals surface area contributed by atoms with Gasteiger partial charge in [0, 0.05) is 28.9 Å². The molecule has 21 heavy (non-hydrogen) atoms. The lowest BCUT2D eigenvalue weighted by atomic mass is 9.93. The highest BCUT2D eigenvalue weighted by Gasteiger charge is 2.31. The van der Waals surface area contributed by atoms with Crippen molar-refractivity contribution in [2.24, 2.45) is 0 Å². The van der Waals surface area contributed by atoms with Crippen LogP contribution in [0.3, 0.4) is 0 Å². The average Bonchev–Trinajstić information content (AvgIpc) is 2.81. The monoisotopic (exact) mass is 309 g/mol. The van der Waals surface area contributed by atoms with Gasteiger partial charge in [0.15, 0.2) is 0 Å². The van der Waals surface area contributed by atoms with E-state index in [0.29, 0.717) is 6.04 Å². The SMILES string of the molecule is CCC1(C)CN(Cc2nc(C(C)(C)C)cs2)C(C)CCN1. The lowest BCUT2D eigenvalue weighted by Gasteiger charge is -2.34. The molecular formula is C17H31N3S. The van der Waals surface area contributed by atoms with Crippen molar-refractivity contribution < 1.29 is 0 Å². The van der Waals surface area contributed by atoms with Crippen molar-refractivity contribution in [1.82, 2.24) is 15.2 Å². The minimum Gasteiger partial charge on any atom is -0.310 e. The molecule has 0 aliphatic carbocycles. The second-order valence-electron chi connectivity index (χ2n) is 7.76. The molecule has 0 radical (unpaired) electrons. The van der Waals surface area contributed by atoms with E-state index < -0.39 is 0 Å². The van der Waals surface area contributed by atoms with Gasteiger partial charge in [-0.15, -0.1) is 11.3 Å². The molecule has 1 aromatic rings. The zero-order chi connectivity index (χ0) is 15.7. The summed E-state index contributed by atoms with van der Waals surface area (Å²) in [5, 5.41) is 7.21. The van der Waals surface area contributed by atoms with Crippen LogP contribution in [0.4, 0.5) is 0 Å². The Morgan fingerprint density at radius 1 is 1.48 bits per heavy atom. The minimum absolute atomic E-state index is 0.151. The van der Waals surface area contributed by atoms with Crippen molar-refractivity contribution in [1.29, 1.82) is 0 Å². The van der Waals surface area contributed by atoms with Gasteiger partial charge in [-0.25, -0.2) is 4.98 Å². The molecule has 0 bridgehead atoms. The van der Waals surface area contributed by atoms with Crippen LogP contribution in [0.5, 0.6) is 0 Å². The normalized spacial score (nSPS) is 28.6. The van der Waals surface area contributed by atoms with Gasteiger partial charge in [-0.2, -0.15) is 0 Å². The lowest BCUT2D eigenvalue weighted by Crippen LogP contribution is -2.49. The summed E-state index contributed by atoms with van der Waals surface area (Å²) in [6.45, 7) is 16.9. The Kier molecular flexibility index (Phi) is 5.11. The number of hydrogen-bond acceptors (Lipinski definition) is 4. The molecule has 1 fully saturated rings. The van der Waals surface area contributed by atoms with Crippen molar-refractivity contribution in [2.45, 2.75) is 77.9 Å². The van der Waals surface area contributed by atoms with E-state index in [-0.39, 0.29) is 11.0 Å². The molecule has 1 saturated heterocycles. The van der Waals surface area contributed by atoms with Gasteiger partial charge < -0.3 is 5.32 Å². The molecule has 3 nitrogen and oxygen atoms in total. The Morgan fingerprint density at radius 3 is 2.76 bits per heavy atom. The molecule has 0 aromatic carbocycles. The van der Waals surface area contributed by atoms with E-state index >= 15 is 0 Å². The maximum Gasteiger partial charge on any atom is 0.107 e. The summed E-state index contributed by atoms with van der Waals surface area (Å²) in [5.74, 6) is 0. The Balaban J connectivity index is 2.10. The van der Waals surface area contributed by atoms with Crippen LogP contribution in [0.2, 0.25) is 0 Å². The van der Waals surface area contributed by atoms with E-state index in [4.69, 9.17) is 4.98 Å². The van der Waals surface area contributed by atoms with Crippen LogP contribution in [0, 0.1) is 0 Å². The number of nitrogens with one attached hydrogen (secondary N) is 1. The first-order valence-electron chi connectivity index (χ1n) is 8.17. The highest BCUT2D eigenvalue weighted by atomic mass is 32.1. The van der Waals surface area contributed by atoms with Crippen LogP contribution in [0.25, 0.3) is 0 Å². The van der Waals surface area contributed by atoms with Crippen LogP contribution >= 0.6 is 11.3 Å². The van der Waals surface area contributed by atoms with E-state index in [1.54, 1.807) is 0 Å². The summed E-state index contributed by atoms with van der Waals surface area (Å²) >= 11 is 1.81. The van der Waals surface area contributed by atoms with Crippen molar-refractivity contribution >= 4 is 11.3 Å².